The van der Waals surface area contributed by atoms with E-state index >= 15 is 0 Å². The van der Waals surface area contributed by atoms with E-state index in [1.165, 1.54) is 0 Å². The number of methoxy groups -OCH3 is 2. The highest BCUT2D eigenvalue weighted by Crippen LogP contribution is 2.47. The van der Waals surface area contributed by atoms with Crippen LogP contribution < -0.4 is 14.2 Å². The number of ketones is 1. The van der Waals surface area contributed by atoms with Crippen molar-refractivity contribution in [3.63, 3.8) is 0 Å². The smallest absolute Gasteiger partial charge is 0.228 e. The third-order valence-electron chi connectivity index (χ3n) is 6.27. The number of allylic oxidation sites excluding steroid dienone is 2. The number of fused-ring (bicyclic) bond motifs is 3. The Bertz CT molecular complexity index is 1440. The van der Waals surface area contributed by atoms with Crippen molar-refractivity contribution in [1.82, 2.24) is 19.6 Å². The number of Topliss-reactive ketones (excluding diaryl/α,β-unsaturated/α-hetero) is 1. The van der Waals surface area contributed by atoms with E-state index in [1.807, 2.05) is 30.3 Å². The number of carbonyl (C=O) groups is 1. The summed E-state index contributed by atoms with van der Waals surface area (Å²) in [5.74, 6) is 3.31. The minimum atomic E-state index is -0.434. The fourth-order valence-corrected chi connectivity index (χ4v) is 4.75. The number of aromatic nitrogens is 4. The van der Waals surface area contributed by atoms with Crippen LogP contribution in [0.2, 0.25) is 0 Å². The largest absolute Gasteiger partial charge is 0.493 e. The first kappa shape index (κ1) is 20.5. The highest BCUT2D eigenvalue weighted by Gasteiger charge is 2.40. The Morgan fingerprint density at radius 3 is 2.82 bits per heavy atom. The van der Waals surface area contributed by atoms with Gasteiger partial charge in [-0.1, -0.05) is 6.07 Å². The molecule has 9 nitrogen and oxygen atoms in total. The molecule has 0 unspecified atom stereocenters. The van der Waals surface area contributed by atoms with Gasteiger partial charge in [0.2, 0.25) is 5.88 Å². The minimum absolute atomic E-state index is 0.0698. The molecular weight excluding hydrogens is 436 g/mol. The highest BCUT2D eigenvalue weighted by atomic mass is 16.5. The lowest BCUT2D eigenvalue weighted by atomic mass is 9.80. The first-order valence-electron chi connectivity index (χ1n) is 11.1. The van der Waals surface area contributed by atoms with Crippen LogP contribution in [-0.4, -0.2) is 39.6 Å². The van der Waals surface area contributed by atoms with E-state index in [4.69, 9.17) is 23.6 Å². The molecule has 4 heterocycles. The molecule has 0 amide bonds. The number of furan rings is 1. The van der Waals surface area contributed by atoms with Crippen LogP contribution in [0.5, 0.6) is 17.4 Å². The van der Waals surface area contributed by atoms with Crippen molar-refractivity contribution in [2.24, 2.45) is 0 Å². The van der Waals surface area contributed by atoms with Gasteiger partial charge in [-0.15, -0.1) is 5.10 Å². The van der Waals surface area contributed by atoms with E-state index in [0.717, 1.165) is 12.0 Å². The van der Waals surface area contributed by atoms with Crippen molar-refractivity contribution in [3.8, 4) is 17.4 Å². The van der Waals surface area contributed by atoms with E-state index < -0.39 is 5.92 Å². The second-order valence-electron chi connectivity index (χ2n) is 8.29. The maximum atomic E-state index is 13.0. The molecule has 0 N–H and O–H groups in total. The minimum Gasteiger partial charge on any atom is -0.493 e. The third kappa shape index (κ3) is 3.23. The maximum Gasteiger partial charge on any atom is 0.228 e. The summed E-state index contributed by atoms with van der Waals surface area (Å²) in [7, 11) is 3.21. The van der Waals surface area contributed by atoms with Crippen molar-refractivity contribution in [2.45, 2.75) is 31.6 Å². The van der Waals surface area contributed by atoms with Gasteiger partial charge in [-0.2, -0.15) is 0 Å². The molecule has 4 aromatic rings. The molecule has 3 aromatic heterocycles. The van der Waals surface area contributed by atoms with E-state index in [-0.39, 0.29) is 5.78 Å². The van der Waals surface area contributed by atoms with Gasteiger partial charge in [-0.05, 0) is 36.2 Å². The van der Waals surface area contributed by atoms with Crippen LogP contribution in [0, 0.1) is 0 Å². The number of hydrogen-bond donors (Lipinski definition) is 0. The van der Waals surface area contributed by atoms with Crippen LogP contribution >= 0.6 is 0 Å². The average Bonchev–Trinajstić information content (AvgIpc) is 3.52. The molecule has 0 bridgehead atoms. The van der Waals surface area contributed by atoms with Crippen LogP contribution in [0.3, 0.4) is 0 Å². The van der Waals surface area contributed by atoms with Gasteiger partial charge >= 0.3 is 0 Å². The number of benzene rings is 1. The molecule has 6 rings (SSSR count). The van der Waals surface area contributed by atoms with Gasteiger partial charge in [0.15, 0.2) is 28.8 Å². The monoisotopic (exact) mass is 458 g/mol. The van der Waals surface area contributed by atoms with Crippen molar-refractivity contribution in [1.29, 1.82) is 0 Å². The summed E-state index contributed by atoms with van der Waals surface area (Å²) in [4.78, 5) is 22.3. The number of nitrogens with zero attached hydrogens (tertiary/aromatic N) is 4. The number of carbonyl (C=O) groups excluding carboxylic acids is 1. The molecule has 0 saturated heterocycles. The molecule has 0 saturated carbocycles. The lowest BCUT2D eigenvalue weighted by Gasteiger charge is -2.30. The van der Waals surface area contributed by atoms with Gasteiger partial charge in [0, 0.05) is 24.8 Å². The lowest BCUT2D eigenvalue weighted by Crippen LogP contribution is -2.26. The predicted molar refractivity (Wildman–Crippen MR) is 120 cm³/mol. The van der Waals surface area contributed by atoms with E-state index in [2.05, 4.69) is 10.1 Å². The summed E-state index contributed by atoms with van der Waals surface area (Å²) in [5, 5.41) is 4.64. The second kappa shape index (κ2) is 8.02. The van der Waals surface area contributed by atoms with Crippen LogP contribution in [0.25, 0.3) is 5.65 Å². The summed E-state index contributed by atoms with van der Waals surface area (Å²) in [6, 6.07) is 9.41. The summed E-state index contributed by atoms with van der Waals surface area (Å²) < 4.78 is 24.3. The molecular formula is C25H22N4O5. The van der Waals surface area contributed by atoms with Gasteiger partial charge in [0.25, 0.3) is 0 Å². The molecule has 0 spiro atoms. The Kier molecular flexibility index (Phi) is 4.83. The lowest BCUT2D eigenvalue weighted by molar-refractivity contribution is -0.116. The second-order valence-corrected chi connectivity index (χ2v) is 8.29. The van der Waals surface area contributed by atoms with Crippen LogP contribution in [0.1, 0.15) is 47.9 Å². The Hall–Kier alpha value is -4.14. The third-order valence-corrected chi connectivity index (χ3v) is 6.27. The van der Waals surface area contributed by atoms with Gasteiger partial charge in [0.05, 0.1) is 32.0 Å². The van der Waals surface area contributed by atoms with Gasteiger partial charge in [-0.25, -0.2) is 14.5 Å². The predicted octanol–water partition coefficient (Wildman–Crippen LogP) is 3.86. The number of hydrogen-bond acceptors (Lipinski definition) is 8. The normalized spacial score (nSPS) is 17.4. The summed E-state index contributed by atoms with van der Waals surface area (Å²) in [5.41, 5.74) is 2.89. The molecule has 1 aliphatic heterocycles. The molecule has 1 aliphatic carbocycles. The molecule has 2 aliphatic rings. The van der Waals surface area contributed by atoms with Crippen molar-refractivity contribution in [3.05, 3.63) is 77.0 Å². The summed E-state index contributed by atoms with van der Waals surface area (Å²) in [6.45, 7) is 0. The zero-order chi connectivity index (χ0) is 23.2. The average molecular weight is 458 g/mol. The summed E-state index contributed by atoms with van der Waals surface area (Å²) in [6.07, 6.45) is 5.63. The number of rotatable bonds is 5. The fraction of sp³-hybridized carbons (Fsp3) is 0.280. The zero-order valence-corrected chi connectivity index (χ0v) is 18.8. The first-order valence-corrected chi connectivity index (χ1v) is 11.1. The van der Waals surface area contributed by atoms with Gasteiger partial charge < -0.3 is 18.6 Å². The van der Waals surface area contributed by atoms with Crippen LogP contribution in [0.15, 0.2) is 58.7 Å². The summed E-state index contributed by atoms with van der Waals surface area (Å²) >= 11 is 0. The van der Waals surface area contributed by atoms with E-state index in [1.54, 1.807) is 31.3 Å². The first-order chi connectivity index (χ1) is 16.7. The number of ether oxygens (including phenoxy) is 3. The van der Waals surface area contributed by atoms with Crippen molar-refractivity contribution >= 4 is 11.4 Å². The Balaban J connectivity index is 1.46. The Labute approximate surface area is 195 Å². The molecule has 1 aromatic carbocycles. The van der Waals surface area contributed by atoms with Crippen LogP contribution in [-0.2, 0) is 11.2 Å². The standard InChI is InChI=1S/C25H22N4O5/c1-31-16-9-8-14(11-19(16)32-2)12-20-27-24-23-22(17-7-4-10-33-17)21-15(30)5-3-6-18(21)34-25(23)26-13-29(24)28-20/h4,7-11,13,22H,3,5-6,12H2,1-2H3/t22-/m0/s1. The molecule has 34 heavy (non-hydrogen) atoms. The molecule has 172 valence electrons. The quantitative estimate of drug-likeness (QED) is 0.444. The highest BCUT2D eigenvalue weighted by molar-refractivity contribution is 5.99. The molecule has 0 fully saturated rings. The Morgan fingerprint density at radius 2 is 2.03 bits per heavy atom. The van der Waals surface area contributed by atoms with Crippen LogP contribution in [0.4, 0.5) is 0 Å². The molecule has 1 atom stereocenters. The molecule has 0 radical (unpaired) electrons. The van der Waals surface area contributed by atoms with Gasteiger partial charge in [-0.3, -0.25) is 4.79 Å². The van der Waals surface area contributed by atoms with Crippen molar-refractivity contribution in [2.75, 3.05) is 14.2 Å². The zero-order valence-electron chi connectivity index (χ0n) is 18.8. The SMILES string of the molecule is COc1ccc(Cc2nc3c4c(ncn3n2)OC2=C(C(=O)CCC2)[C@@H]4c2ccco2)cc1OC. The fourth-order valence-electron chi connectivity index (χ4n) is 4.75. The Morgan fingerprint density at radius 1 is 1.15 bits per heavy atom. The topological polar surface area (TPSA) is 101 Å². The maximum absolute atomic E-state index is 13.0. The van der Waals surface area contributed by atoms with Crippen molar-refractivity contribution < 1.29 is 23.4 Å². The van der Waals surface area contributed by atoms with Gasteiger partial charge in [0.1, 0.15) is 17.8 Å². The van der Waals surface area contributed by atoms with E-state index in [9.17, 15) is 4.79 Å². The van der Waals surface area contributed by atoms with E-state index in [0.29, 0.717) is 70.8 Å². The molecule has 9 heteroatoms.